The van der Waals surface area contributed by atoms with Gasteiger partial charge in [-0.05, 0) is 45.4 Å². The Morgan fingerprint density at radius 3 is 2.74 bits per heavy atom. The quantitative estimate of drug-likeness (QED) is 0.733. The van der Waals surface area contributed by atoms with E-state index in [4.69, 9.17) is 4.42 Å². The second kappa shape index (κ2) is 6.42. The van der Waals surface area contributed by atoms with Gasteiger partial charge in [0.25, 0.3) is 0 Å². The molecule has 2 N–H and O–H groups in total. The molecule has 0 radical (unpaired) electrons. The van der Waals surface area contributed by atoms with Gasteiger partial charge < -0.3 is 9.73 Å². The van der Waals surface area contributed by atoms with E-state index in [1.807, 2.05) is 36.1 Å². The lowest BCUT2D eigenvalue weighted by molar-refractivity contribution is 0.365. The van der Waals surface area contributed by atoms with Gasteiger partial charge in [-0.25, -0.2) is 0 Å². The van der Waals surface area contributed by atoms with E-state index in [2.05, 4.69) is 47.6 Å². The number of nitrogens with one attached hydrogen (secondary N) is 2. The first-order valence-electron chi connectivity index (χ1n) is 7.88. The average molecular weight is 313 g/mol. The summed E-state index contributed by atoms with van der Waals surface area (Å²) in [6.45, 7) is 9.04. The Hall–Kier alpha value is -2.34. The fraction of sp³-hybridized carbons (Fsp3) is 0.412. The van der Waals surface area contributed by atoms with Crippen LogP contribution in [0.25, 0.3) is 11.5 Å². The third-order valence-electron chi connectivity index (χ3n) is 4.19. The minimum Gasteiger partial charge on any atom is -0.460 e. The molecule has 23 heavy (non-hydrogen) atoms. The smallest absolute Gasteiger partial charge is 0.152 e. The van der Waals surface area contributed by atoms with Gasteiger partial charge in [0.05, 0.1) is 18.4 Å². The van der Waals surface area contributed by atoms with Gasteiger partial charge in [0, 0.05) is 24.3 Å². The second-order valence-electron chi connectivity index (χ2n) is 6.09. The molecule has 3 aromatic rings. The van der Waals surface area contributed by atoms with Crippen LogP contribution in [0.1, 0.15) is 36.8 Å². The summed E-state index contributed by atoms with van der Waals surface area (Å²) in [5.41, 5.74) is 3.20. The van der Waals surface area contributed by atoms with Crippen LogP contribution in [0.5, 0.6) is 0 Å². The minimum absolute atomic E-state index is 0.268. The summed E-state index contributed by atoms with van der Waals surface area (Å²) in [5.74, 6) is 1.71. The summed E-state index contributed by atoms with van der Waals surface area (Å²) < 4.78 is 7.68. The van der Waals surface area contributed by atoms with Gasteiger partial charge in [-0.3, -0.25) is 9.78 Å². The number of hydrogen-bond donors (Lipinski definition) is 2. The molecule has 2 atom stereocenters. The summed E-state index contributed by atoms with van der Waals surface area (Å²) in [4.78, 5) is 0. The van der Waals surface area contributed by atoms with Crippen molar-refractivity contribution < 1.29 is 4.42 Å². The van der Waals surface area contributed by atoms with E-state index in [0.29, 0.717) is 0 Å². The standard InChI is InChI=1S/C17H23N5O/c1-11-7-20-22(10-11)14(4)13(3)18-8-15-9-19-21-17(15)16-6-5-12(2)23-16/h5-7,9-10,13-14,18H,8H2,1-4H3,(H,19,21)/t13-,14+/m1/s1. The number of H-pyrrole nitrogens is 1. The molecule has 122 valence electrons. The Bertz CT molecular complexity index is 769. The fourth-order valence-electron chi connectivity index (χ4n) is 2.55. The van der Waals surface area contributed by atoms with Crippen molar-refractivity contribution in [1.82, 2.24) is 25.3 Å². The van der Waals surface area contributed by atoms with Crippen LogP contribution >= 0.6 is 0 Å². The highest BCUT2D eigenvalue weighted by atomic mass is 16.3. The predicted molar refractivity (Wildman–Crippen MR) is 89.0 cm³/mol. The third-order valence-corrected chi connectivity index (χ3v) is 4.19. The molecule has 0 fully saturated rings. The molecular formula is C17H23N5O. The molecule has 0 bridgehead atoms. The first-order valence-corrected chi connectivity index (χ1v) is 7.88. The summed E-state index contributed by atoms with van der Waals surface area (Å²) in [7, 11) is 0. The van der Waals surface area contributed by atoms with E-state index in [1.165, 1.54) is 5.56 Å². The van der Waals surface area contributed by atoms with Crippen molar-refractivity contribution in [2.45, 2.75) is 46.3 Å². The molecule has 0 spiro atoms. The Morgan fingerprint density at radius 2 is 2.09 bits per heavy atom. The maximum absolute atomic E-state index is 5.68. The molecule has 0 aliphatic carbocycles. The van der Waals surface area contributed by atoms with E-state index < -0.39 is 0 Å². The molecule has 0 aliphatic heterocycles. The van der Waals surface area contributed by atoms with Crippen molar-refractivity contribution in [1.29, 1.82) is 0 Å². The molecule has 0 saturated heterocycles. The molecule has 3 rings (SSSR count). The number of furan rings is 1. The molecular weight excluding hydrogens is 290 g/mol. The zero-order valence-corrected chi connectivity index (χ0v) is 14.0. The van der Waals surface area contributed by atoms with Gasteiger partial charge in [-0.1, -0.05) is 0 Å². The molecule has 3 aromatic heterocycles. The molecule has 3 heterocycles. The van der Waals surface area contributed by atoms with Crippen molar-refractivity contribution in [3.8, 4) is 11.5 Å². The first-order chi connectivity index (χ1) is 11.0. The third kappa shape index (κ3) is 3.37. The van der Waals surface area contributed by atoms with E-state index >= 15 is 0 Å². The van der Waals surface area contributed by atoms with Crippen LogP contribution in [0.4, 0.5) is 0 Å². The topological polar surface area (TPSA) is 71.7 Å². The zero-order chi connectivity index (χ0) is 16.4. The van der Waals surface area contributed by atoms with Crippen molar-refractivity contribution in [2.24, 2.45) is 0 Å². The highest BCUT2D eigenvalue weighted by Gasteiger charge is 2.16. The van der Waals surface area contributed by atoms with Crippen LogP contribution in [0.15, 0.2) is 35.1 Å². The molecule has 0 saturated carbocycles. The molecule has 6 heteroatoms. The molecule has 0 aromatic carbocycles. The van der Waals surface area contributed by atoms with E-state index in [0.717, 1.165) is 29.3 Å². The van der Waals surface area contributed by atoms with Crippen molar-refractivity contribution in [2.75, 3.05) is 0 Å². The monoisotopic (exact) mass is 313 g/mol. The normalized spacial score (nSPS) is 14.1. The average Bonchev–Trinajstić information content (AvgIpc) is 3.24. The number of aryl methyl sites for hydroxylation is 2. The predicted octanol–water partition coefficient (Wildman–Crippen LogP) is 3.22. The van der Waals surface area contributed by atoms with E-state index in [9.17, 15) is 0 Å². The van der Waals surface area contributed by atoms with Crippen molar-refractivity contribution in [3.63, 3.8) is 0 Å². The summed E-state index contributed by atoms with van der Waals surface area (Å²) in [6.07, 6.45) is 5.80. The minimum atomic E-state index is 0.268. The Labute approximate surface area is 135 Å². The van der Waals surface area contributed by atoms with E-state index in [-0.39, 0.29) is 12.1 Å². The lowest BCUT2D eigenvalue weighted by Gasteiger charge is -2.21. The fourth-order valence-corrected chi connectivity index (χ4v) is 2.55. The second-order valence-corrected chi connectivity index (χ2v) is 6.09. The summed E-state index contributed by atoms with van der Waals surface area (Å²) in [6, 6.07) is 4.46. The zero-order valence-electron chi connectivity index (χ0n) is 14.0. The molecule has 0 unspecified atom stereocenters. The number of aromatic nitrogens is 4. The van der Waals surface area contributed by atoms with Crippen LogP contribution in [-0.4, -0.2) is 26.0 Å². The number of aromatic amines is 1. The molecule has 0 aliphatic rings. The van der Waals surface area contributed by atoms with Gasteiger partial charge in [-0.15, -0.1) is 0 Å². The van der Waals surface area contributed by atoms with Crippen LogP contribution in [0.2, 0.25) is 0 Å². The largest absolute Gasteiger partial charge is 0.460 e. The van der Waals surface area contributed by atoms with Gasteiger partial charge in [0.15, 0.2) is 5.76 Å². The number of rotatable bonds is 6. The number of nitrogens with zero attached hydrogens (tertiary/aromatic N) is 3. The maximum Gasteiger partial charge on any atom is 0.152 e. The first kappa shape index (κ1) is 15.6. The van der Waals surface area contributed by atoms with Crippen molar-refractivity contribution in [3.05, 3.63) is 47.6 Å². The van der Waals surface area contributed by atoms with Crippen LogP contribution < -0.4 is 5.32 Å². The highest BCUT2D eigenvalue weighted by molar-refractivity contribution is 5.56. The number of hydrogen-bond acceptors (Lipinski definition) is 4. The lowest BCUT2D eigenvalue weighted by atomic mass is 10.1. The maximum atomic E-state index is 5.68. The van der Waals surface area contributed by atoms with Crippen LogP contribution in [0.3, 0.4) is 0 Å². The summed E-state index contributed by atoms with van der Waals surface area (Å²) >= 11 is 0. The van der Waals surface area contributed by atoms with Gasteiger partial charge in [0.1, 0.15) is 11.5 Å². The van der Waals surface area contributed by atoms with E-state index in [1.54, 1.807) is 0 Å². The van der Waals surface area contributed by atoms with Crippen molar-refractivity contribution >= 4 is 0 Å². The Morgan fingerprint density at radius 1 is 1.26 bits per heavy atom. The van der Waals surface area contributed by atoms with Gasteiger partial charge >= 0.3 is 0 Å². The lowest BCUT2D eigenvalue weighted by Crippen LogP contribution is -2.33. The molecule has 0 amide bonds. The van der Waals surface area contributed by atoms with Gasteiger partial charge in [0.2, 0.25) is 0 Å². The Kier molecular flexibility index (Phi) is 4.34. The molecule has 6 nitrogen and oxygen atoms in total. The van der Waals surface area contributed by atoms with Gasteiger partial charge in [-0.2, -0.15) is 10.2 Å². The SMILES string of the molecule is Cc1cnn([C@@H](C)[C@@H](C)NCc2cn[nH]c2-c2ccc(C)o2)c1. The highest BCUT2D eigenvalue weighted by Crippen LogP contribution is 2.23. The van der Waals surface area contributed by atoms with Crippen LogP contribution in [0, 0.1) is 13.8 Å². The Balaban J connectivity index is 1.66. The summed E-state index contributed by atoms with van der Waals surface area (Å²) in [5, 5.41) is 15.1. The van der Waals surface area contributed by atoms with Crippen LogP contribution in [-0.2, 0) is 6.54 Å².